The first-order chi connectivity index (χ1) is 12.0. The van der Waals surface area contributed by atoms with Crippen molar-refractivity contribution in [1.29, 1.82) is 0 Å². The van der Waals surface area contributed by atoms with Crippen molar-refractivity contribution in [3.05, 3.63) is 58.9 Å². The Hall–Kier alpha value is -2.64. The molecule has 0 aromatic heterocycles. The Balaban J connectivity index is 2.41. The summed E-state index contributed by atoms with van der Waals surface area (Å²) in [7, 11) is 1.32. The Morgan fingerprint density at radius 1 is 1.16 bits per heavy atom. The van der Waals surface area contributed by atoms with Crippen LogP contribution in [-0.4, -0.2) is 36.7 Å². The number of rotatable bonds is 8. The maximum absolute atomic E-state index is 14.7. The van der Waals surface area contributed by atoms with Crippen LogP contribution in [0.1, 0.15) is 34.5 Å². The molecule has 0 saturated heterocycles. The average molecular weight is 350 g/mol. The van der Waals surface area contributed by atoms with E-state index >= 15 is 0 Å². The number of hydrogen-bond donors (Lipinski definition) is 2. The molecule has 6 nitrogen and oxygen atoms in total. The number of carboxylic acids is 1. The van der Waals surface area contributed by atoms with E-state index in [2.05, 4.69) is 0 Å². The lowest BCUT2D eigenvalue weighted by Crippen LogP contribution is -2.10. The van der Waals surface area contributed by atoms with Gasteiger partial charge >= 0.3 is 5.97 Å². The van der Waals surface area contributed by atoms with Crippen molar-refractivity contribution in [3.8, 4) is 11.5 Å². The van der Waals surface area contributed by atoms with Crippen LogP contribution >= 0.6 is 0 Å². The Kier molecular flexibility index (Phi) is 6.32. The second kappa shape index (κ2) is 8.46. The van der Waals surface area contributed by atoms with E-state index in [1.807, 2.05) is 0 Å². The predicted molar refractivity (Wildman–Crippen MR) is 87.5 cm³/mol. The number of aliphatic hydroxyl groups excluding tert-OH is 1. The molecule has 1 atom stereocenters. The summed E-state index contributed by atoms with van der Waals surface area (Å²) in [5.74, 6) is -1.78. The Morgan fingerprint density at radius 3 is 2.36 bits per heavy atom. The summed E-state index contributed by atoms with van der Waals surface area (Å²) < 4.78 is 30.1. The van der Waals surface area contributed by atoms with Crippen LogP contribution in [0.3, 0.4) is 0 Å². The molecular weight excluding hydrogens is 331 g/mol. The van der Waals surface area contributed by atoms with Crippen LogP contribution in [0.4, 0.5) is 4.39 Å². The number of aliphatic hydroxyl groups is 1. The highest BCUT2D eigenvalue weighted by Gasteiger charge is 2.24. The third-order valence-corrected chi connectivity index (χ3v) is 3.57. The molecule has 0 aliphatic heterocycles. The second-order valence-electron chi connectivity index (χ2n) is 5.08. The van der Waals surface area contributed by atoms with Gasteiger partial charge in [0.05, 0.1) is 18.2 Å². The largest absolute Gasteiger partial charge is 0.494 e. The van der Waals surface area contributed by atoms with Crippen molar-refractivity contribution in [2.45, 2.75) is 13.0 Å². The topological polar surface area (TPSA) is 85.2 Å². The monoisotopic (exact) mass is 350 g/mol. The standard InChI is InChI=1S/C18H19FO6/c1-3-24-10-25-13-8-9-14(23-2)16(19)15(13)17(20)11-4-6-12(7-5-11)18(21)22/h4-9,17,20H,3,10H2,1-2H3,(H,21,22). The third-order valence-electron chi connectivity index (χ3n) is 3.57. The van der Waals surface area contributed by atoms with Gasteiger partial charge in [-0.05, 0) is 36.8 Å². The summed E-state index contributed by atoms with van der Waals surface area (Å²) in [5, 5.41) is 19.5. The smallest absolute Gasteiger partial charge is 0.335 e. The molecule has 2 N–H and O–H groups in total. The average Bonchev–Trinajstić information content (AvgIpc) is 2.62. The van der Waals surface area contributed by atoms with Gasteiger partial charge in [0.2, 0.25) is 0 Å². The zero-order valence-electron chi connectivity index (χ0n) is 13.9. The first kappa shape index (κ1) is 18.7. The van der Waals surface area contributed by atoms with Crippen LogP contribution in [0.25, 0.3) is 0 Å². The fraction of sp³-hybridized carbons (Fsp3) is 0.278. The van der Waals surface area contributed by atoms with Gasteiger partial charge in [-0.3, -0.25) is 0 Å². The van der Waals surface area contributed by atoms with E-state index in [4.69, 9.17) is 19.3 Å². The molecule has 0 fully saturated rings. The molecular formula is C18H19FO6. The summed E-state index contributed by atoms with van der Waals surface area (Å²) in [5.41, 5.74) is 0.274. The molecule has 0 amide bonds. The fourth-order valence-electron chi connectivity index (χ4n) is 2.26. The zero-order valence-corrected chi connectivity index (χ0v) is 13.9. The number of methoxy groups -OCH3 is 1. The lowest BCUT2D eigenvalue weighted by atomic mass is 9.98. The van der Waals surface area contributed by atoms with E-state index in [1.54, 1.807) is 6.92 Å². The van der Waals surface area contributed by atoms with Gasteiger partial charge in [0.25, 0.3) is 0 Å². The minimum Gasteiger partial charge on any atom is -0.494 e. The summed E-state index contributed by atoms with van der Waals surface area (Å²) in [4.78, 5) is 10.9. The molecule has 0 aliphatic rings. The lowest BCUT2D eigenvalue weighted by molar-refractivity contribution is 0.0203. The minimum absolute atomic E-state index is 0.0417. The van der Waals surface area contributed by atoms with E-state index < -0.39 is 17.9 Å². The molecule has 0 spiro atoms. The van der Waals surface area contributed by atoms with Gasteiger partial charge in [0.15, 0.2) is 18.4 Å². The van der Waals surface area contributed by atoms with Crippen molar-refractivity contribution in [1.82, 2.24) is 0 Å². The van der Waals surface area contributed by atoms with Crippen molar-refractivity contribution in [2.75, 3.05) is 20.5 Å². The first-order valence-electron chi connectivity index (χ1n) is 7.57. The summed E-state index contributed by atoms with van der Waals surface area (Å²) in [6, 6.07) is 8.36. The first-order valence-corrected chi connectivity index (χ1v) is 7.57. The maximum atomic E-state index is 14.7. The number of carbonyl (C=O) groups is 1. The van der Waals surface area contributed by atoms with Crippen LogP contribution in [0.2, 0.25) is 0 Å². The molecule has 2 aromatic carbocycles. The maximum Gasteiger partial charge on any atom is 0.335 e. The number of benzene rings is 2. The van der Waals surface area contributed by atoms with Crippen LogP contribution in [0.15, 0.2) is 36.4 Å². The van der Waals surface area contributed by atoms with Crippen LogP contribution < -0.4 is 9.47 Å². The van der Waals surface area contributed by atoms with Crippen molar-refractivity contribution < 1.29 is 33.6 Å². The van der Waals surface area contributed by atoms with Gasteiger partial charge in [-0.25, -0.2) is 9.18 Å². The molecule has 0 aliphatic carbocycles. The van der Waals surface area contributed by atoms with E-state index in [9.17, 15) is 14.3 Å². The summed E-state index contributed by atoms with van der Waals surface area (Å²) in [6.45, 7) is 2.12. The van der Waals surface area contributed by atoms with Crippen molar-refractivity contribution >= 4 is 5.97 Å². The van der Waals surface area contributed by atoms with E-state index in [1.165, 1.54) is 43.5 Å². The van der Waals surface area contributed by atoms with Gasteiger partial charge in [0.1, 0.15) is 11.9 Å². The number of ether oxygens (including phenoxy) is 3. The predicted octanol–water partition coefficient (Wildman–Crippen LogP) is 2.99. The number of aromatic carboxylic acids is 1. The highest BCUT2D eigenvalue weighted by molar-refractivity contribution is 5.87. The van der Waals surface area contributed by atoms with Gasteiger partial charge in [-0.2, -0.15) is 0 Å². The Labute approximate surface area is 144 Å². The van der Waals surface area contributed by atoms with E-state index in [-0.39, 0.29) is 29.4 Å². The fourth-order valence-corrected chi connectivity index (χ4v) is 2.26. The number of carboxylic acid groups (broad SMARTS) is 1. The zero-order chi connectivity index (χ0) is 18.4. The molecule has 0 saturated carbocycles. The Bertz CT molecular complexity index is 729. The van der Waals surface area contributed by atoms with Crippen LogP contribution in [0.5, 0.6) is 11.5 Å². The minimum atomic E-state index is -1.37. The summed E-state index contributed by atoms with van der Waals surface area (Å²) in [6.07, 6.45) is -1.37. The van der Waals surface area contributed by atoms with Gasteiger partial charge in [0, 0.05) is 6.61 Å². The highest BCUT2D eigenvalue weighted by Crippen LogP contribution is 2.36. The molecule has 0 bridgehead atoms. The van der Waals surface area contributed by atoms with Crippen molar-refractivity contribution in [3.63, 3.8) is 0 Å². The molecule has 1 unspecified atom stereocenters. The quantitative estimate of drug-likeness (QED) is 0.562. The molecule has 134 valence electrons. The van der Waals surface area contributed by atoms with Gasteiger partial charge < -0.3 is 24.4 Å². The Morgan fingerprint density at radius 2 is 1.80 bits per heavy atom. The molecule has 2 rings (SSSR count). The molecule has 7 heteroatoms. The lowest BCUT2D eigenvalue weighted by Gasteiger charge is -2.19. The molecule has 0 heterocycles. The van der Waals surface area contributed by atoms with Crippen LogP contribution in [0, 0.1) is 5.82 Å². The van der Waals surface area contributed by atoms with Gasteiger partial charge in [-0.15, -0.1) is 0 Å². The second-order valence-corrected chi connectivity index (χ2v) is 5.08. The molecule has 0 radical (unpaired) electrons. The normalized spacial score (nSPS) is 11.8. The highest BCUT2D eigenvalue weighted by atomic mass is 19.1. The van der Waals surface area contributed by atoms with Crippen molar-refractivity contribution in [2.24, 2.45) is 0 Å². The summed E-state index contributed by atoms with van der Waals surface area (Å²) >= 11 is 0. The van der Waals surface area contributed by atoms with E-state index in [0.29, 0.717) is 12.2 Å². The number of halogens is 1. The SMILES string of the molecule is CCOCOc1ccc(OC)c(F)c1C(O)c1ccc(C(=O)O)cc1. The number of hydrogen-bond acceptors (Lipinski definition) is 5. The third kappa shape index (κ3) is 4.26. The molecule has 25 heavy (non-hydrogen) atoms. The van der Waals surface area contributed by atoms with Crippen LogP contribution in [-0.2, 0) is 4.74 Å². The van der Waals surface area contributed by atoms with Gasteiger partial charge in [-0.1, -0.05) is 12.1 Å². The molecule has 2 aromatic rings. The van der Waals surface area contributed by atoms with E-state index in [0.717, 1.165) is 0 Å².